The molecule has 0 saturated heterocycles. The Bertz CT molecular complexity index is 1230. The Morgan fingerprint density at radius 3 is 2.59 bits per heavy atom. The van der Waals surface area contributed by atoms with Gasteiger partial charge in [-0.15, -0.1) is 0 Å². The van der Waals surface area contributed by atoms with Crippen molar-refractivity contribution < 1.29 is 9.53 Å². The number of amides is 1. The highest BCUT2D eigenvalue weighted by Gasteiger charge is 2.49. The number of aryl methyl sites for hydroxylation is 2. The number of carbonyl (C=O) groups is 1. The van der Waals surface area contributed by atoms with E-state index >= 15 is 0 Å². The molecule has 3 aromatic rings. The first-order valence-corrected chi connectivity index (χ1v) is 11.6. The number of hydrogen-bond acceptors (Lipinski definition) is 2. The van der Waals surface area contributed by atoms with Crippen LogP contribution in [0.15, 0.2) is 60.7 Å². The fraction of sp³-hybridized carbons (Fsp3) is 0.321. The molecule has 0 aliphatic carbocycles. The molecule has 164 valence electrons. The number of anilines is 1. The molecule has 0 bridgehead atoms. The molecule has 5 rings (SSSR count). The number of carbonyl (C=O) groups excluding carboxylic acids is 1. The second kappa shape index (κ2) is 7.38. The summed E-state index contributed by atoms with van der Waals surface area (Å²) < 4.78 is 6.18. The number of fused-ring (bicyclic) bond motifs is 2. The molecule has 1 amide bonds. The Balaban J connectivity index is 1.61. The van der Waals surface area contributed by atoms with Gasteiger partial charge in [0.1, 0.15) is 11.4 Å². The molecule has 0 spiro atoms. The summed E-state index contributed by atoms with van der Waals surface area (Å²) in [5, 5.41) is 0.642. The van der Waals surface area contributed by atoms with Gasteiger partial charge in [-0.05, 0) is 92.6 Å². The molecule has 1 atom stereocenters. The van der Waals surface area contributed by atoms with Crippen LogP contribution in [0.25, 0.3) is 0 Å². The molecule has 32 heavy (non-hydrogen) atoms. The molecule has 2 aliphatic heterocycles. The van der Waals surface area contributed by atoms with E-state index < -0.39 is 5.41 Å². The van der Waals surface area contributed by atoms with Gasteiger partial charge < -0.3 is 9.64 Å². The Hall–Kier alpha value is -2.78. The molecule has 4 heteroatoms. The molecular weight excluding hydrogens is 418 g/mol. The third kappa shape index (κ3) is 3.31. The van der Waals surface area contributed by atoms with Crippen molar-refractivity contribution >= 4 is 23.2 Å². The first-order chi connectivity index (χ1) is 15.2. The van der Waals surface area contributed by atoms with Crippen molar-refractivity contribution in [3.05, 3.63) is 93.5 Å². The first-order valence-electron chi connectivity index (χ1n) is 11.2. The van der Waals surface area contributed by atoms with Gasteiger partial charge >= 0.3 is 0 Å². The third-order valence-electron chi connectivity index (χ3n) is 7.07. The molecule has 0 unspecified atom stereocenters. The van der Waals surface area contributed by atoms with Crippen molar-refractivity contribution in [1.29, 1.82) is 0 Å². The lowest BCUT2D eigenvalue weighted by atomic mass is 9.76. The smallest absolute Gasteiger partial charge is 0.242 e. The summed E-state index contributed by atoms with van der Waals surface area (Å²) >= 11 is 6.42. The van der Waals surface area contributed by atoms with Gasteiger partial charge in [0, 0.05) is 10.7 Å². The van der Waals surface area contributed by atoms with Gasteiger partial charge in [-0.1, -0.05) is 48.0 Å². The third-order valence-corrected chi connectivity index (χ3v) is 7.31. The number of rotatable bonds is 3. The SMILES string of the molecule is Cc1ccccc1CN1C(=O)[C@@](C)(c2ccc3c(c2)CCC(C)(C)O3)c2cc(Cl)ccc21. The Kier molecular flexibility index (Phi) is 4.86. The molecule has 0 fully saturated rings. The predicted molar refractivity (Wildman–Crippen MR) is 130 cm³/mol. The summed E-state index contributed by atoms with van der Waals surface area (Å²) in [6.07, 6.45) is 1.89. The van der Waals surface area contributed by atoms with Crippen LogP contribution in [0.5, 0.6) is 5.75 Å². The molecule has 0 saturated carbocycles. The second-order valence-electron chi connectivity index (χ2n) is 9.79. The zero-order valence-corrected chi connectivity index (χ0v) is 19.8. The standard InChI is InChI=1S/C28H28ClNO2/c1-18-7-5-6-8-20(18)17-30-24-11-10-22(29)16-23(24)28(4,26(30)31)21-9-12-25-19(15-21)13-14-27(2,3)32-25/h5-12,15-16H,13-14,17H2,1-4H3/t28-/m0/s1. The predicted octanol–water partition coefficient (Wildman–Crippen LogP) is 6.60. The topological polar surface area (TPSA) is 29.5 Å². The largest absolute Gasteiger partial charge is 0.488 e. The molecule has 0 radical (unpaired) electrons. The van der Waals surface area contributed by atoms with Gasteiger partial charge in [0.15, 0.2) is 0 Å². The lowest BCUT2D eigenvalue weighted by Crippen LogP contribution is -2.39. The maximum Gasteiger partial charge on any atom is 0.242 e. The van der Waals surface area contributed by atoms with E-state index in [-0.39, 0.29) is 11.5 Å². The Morgan fingerprint density at radius 1 is 1.03 bits per heavy atom. The van der Waals surface area contributed by atoms with Gasteiger partial charge in [-0.25, -0.2) is 0 Å². The summed E-state index contributed by atoms with van der Waals surface area (Å²) in [6, 6.07) is 20.2. The van der Waals surface area contributed by atoms with Crippen LogP contribution in [0.3, 0.4) is 0 Å². The van der Waals surface area contributed by atoms with E-state index in [0.29, 0.717) is 11.6 Å². The highest BCUT2D eigenvalue weighted by atomic mass is 35.5. The van der Waals surface area contributed by atoms with Crippen molar-refractivity contribution in [2.45, 2.75) is 58.1 Å². The maximum atomic E-state index is 14.0. The van der Waals surface area contributed by atoms with E-state index in [1.54, 1.807) is 0 Å². The minimum atomic E-state index is -0.801. The molecule has 3 nitrogen and oxygen atoms in total. The van der Waals surface area contributed by atoms with Crippen LogP contribution in [0, 0.1) is 6.92 Å². The van der Waals surface area contributed by atoms with Gasteiger partial charge in [-0.3, -0.25) is 4.79 Å². The number of halogens is 1. The monoisotopic (exact) mass is 445 g/mol. The maximum absolute atomic E-state index is 14.0. The Labute approximate surface area is 195 Å². The second-order valence-corrected chi connectivity index (χ2v) is 10.2. The summed E-state index contributed by atoms with van der Waals surface area (Å²) in [4.78, 5) is 15.9. The molecule has 0 aromatic heterocycles. The lowest BCUT2D eigenvalue weighted by molar-refractivity contribution is -0.121. The van der Waals surface area contributed by atoms with Gasteiger partial charge in [0.05, 0.1) is 12.0 Å². The summed E-state index contributed by atoms with van der Waals surface area (Å²) in [5.74, 6) is 0.997. The summed E-state index contributed by atoms with van der Waals surface area (Å²) in [6.45, 7) is 8.89. The fourth-order valence-corrected chi connectivity index (χ4v) is 5.17. The van der Waals surface area contributed by atoms with E-state index in [1.165, 1.54) is 5.56 Å². The average molecular weight is 446 g/mol. The van der Waals surface area contributed by atoms with Crippen molar-refractivity contribution in [2.75, 3.05) is 4.90 Å². The van der Waals surface area contributed by atoms with E-state index in [1.807, 2.05) is 54.3 Å². The van der Waals surface area contributed by atoms with E-state index in [9.17, 15) is 4.79 Å². The fourth-order valence-electron chi connectivity index (χ4n) is 5.00. The normalized spacial score (nSPS) is 21.2. The van der Waals surface area contributed by atoms with Crippen molar-refractivity contribution in [1.82, 2.24) is 0 Å². The van der Waals surface area contributed by atoms with Gasteiger partial charge in [-0.2, -0.15) is 0 Å². The minimum Gasteiger partial charge on any atom is -0.488 e. The Morgan fingerprint density at radius 2 is 1.81 bits per heavy atom. The molecule has 3 aromatic carbocycles. The first kappa shape index (κ1) is 21.1. The van der Waals surface area contributed by atoms with Gasteiger partial charge in [0.25, 0.3) is 0 Å². The zero-order valence-electron chi connectivity index (χ0n) is 19.0. The summed E-state index contributed by atoms with van der Waals surface area (Å²) in [7, 11) is 0. The van der Waals surface area contributed by atoms with Crippen LogP contribution in [0.1, 0.15) is 55.0 Å². The van der Waals surface area contributed by atoms with Crippen molar-refractivity contribution in [3.8, 4) is 5.75 Å². The number of benzene rings is 3. The van der Waals surface area contributed by atoms with E-state index in [0.717, 1.165) is 46.5 Å². The van der Waals surface area contributed by atoms with Gasteiger partial charge in [0.2, 0.25) is 5.91 Å². The zero-order chi connectivity index (χ0) is 22.7. The number of ether oxygens (including phenoxy) is 1. The molecule has 2 heterocycles. The van der Waals surface area contributed by atoms with Crippen molar-refractivity contribution in [3.63, 3.8) is 0 Å². The van der Waals surface area contributed by atoms with Crippen LogP contribution in [0.4, 0.5) is 5.69 Å². The number of nitrogens with zero attached hydrogens (tertiary/aromatic N) is 1. The molecular formula is C28H28ClNO2. The average Bonchev–Trinajstić information content (AvgIpc) is 2.96. The van der Waals surface area contributed by atoms with Crippen LogP contribution < -0.4 is 9.64 Å². The minimum absolute atomic E-state index is 0.0787. The lowest BCUT2D eigenvalue weighted by Gasteiger charge is -2.34. The van der Waals surface area contributed by atoms with E-state index in [2.05, 4.69) is 39.0 Å². The van der Waals surface area contributed by atoms with E-state index in [4.69, 9.17) is 16.3 Å². The molecule has 0 N–H and O–H groups in total. The molecule has 2 aliphatic rings. The van der Waals surface area contributed by atoms with Crippen LogP contribution >= 0.6 is 11.6 Å². The van der Waals surface area contributed by atoms with Crippen LogP contribution in [-0.2, 0) is 23.2 Å². The van der Waals surface area contributed by atoms with Crippen LogP contribution in [-0.4, -0.2) is 11.5 Å². The number of hydrogen-bond donors (Lipinski definition) is 0. The highest BCUT2D eigenvalue weighted by Crippen LogP contribution is 2.48. The van der Waals surface area contributed by atoms with Crippen LogP contribution in [0.2, 0.25) is 5.02 Å². The summed E-state index contributed by atoms with van der Waals surface area (Å²) in [5.41, 5.74) is 5.40. The highest BCUT2D eigenvalue weighted by molar-refractivity contribution is 6.31. The van der Waals surface area contributed by atoms with Crippen molar-refractivity contribution in [2.24, 2.45) is 0 Å². The quantitative estimate of drug-likeness (QED) is 0.454.